The number of fused-ring (bicyclic) bond motifs is 1. The largest absolute Gasteiger partial charge is 0.481 e. The highest BCUT2D eigenvalue weighted by atomic mass is 28.4. The molecule has 0 unspecified atom stereocenters. The first kappa shape index (κ1) is 16.2. The first-order chi connectivity index (χ1) is 9.98. The van der Waals surface area contributed by atoms with E-state index in [4.69, 9.17) is 4.43 Å². The molecule has 2 rings (SSSR count). The summed E-state index contributed by atoms with van der Waals surface area (Å²) in [4.78, 5) is 11.4. The average molecular weight is 306 g/mol. The van der Waals surface area contributed by atoms with Crippen molar-refractivity contribution < 1.29 is 14.3 Å². The molecule has 0 saturated carbocycles. The van der Waals surface area contributed by atoms with Gasteiger partial charge in [-0.15, -0.1) is 0 Å². The number of carbonyl (C=O) groups is 1. The second-order valence-electron chi connectivity index (χ2n) is 6.22. The highest BCUT2D eigenvalue weighted by Gasteiger charge is 2.45. The van der Waals surface area contributed by atoms with Crippen LogP contribution >= 0.6 is 0 Å². The lowest BCUT2D eigenvalue weighted by atomic mass is 9.96. The molecule has 0 amide bonds. The summed E-state index contributed by atoms with van der Waals surface area (Å²) in [7, 11) is -1.82. The molecule has 0 aliphatic heterocycles. The monoisotopic (exact) mass is 306 g/mol. The number of rotatable bonds is 7. The van der Waals surface area contributed by atoms with E-state index in [0.29, 0.717) is 0 Å². The quantitative estimate of drug-likeness (QED) is 0.774. The maximum atomic E-state index is 11.4. The molecule has 0 fully saturated rings. The van der Waals surface area contributed by atoms with Gasteiger partial charge in [0.1, 0.15) is 0 Å². The van der Waals surface area contributed by atoms with Crippen molar-refractivity contribution in [3.05, 3.63) is 35.4 Å². The molecule has 1 aromatic rings. The van der Waals surface area contributed by atoms with Crippen molar-refractivity contribution in [2.75, 3.05) is 0 Å². The molecular formula is C17H26O3Si. The lowest BCUT2D eigenvalue weighted by molar-refractivity contribution is -0.141. The van der Waals surface area contributed by atoms with E-state index in [9.17, 15) is 9.90 Å². The van der Waals surface area contributed by atoms with Crippen molar-refractivity contribution >= 4 is 14.3 Å². The Bertz CT molecular complexity index is 475. The summed E-state index contributed by atoms with van der Waals surface area (Å²) in [6.45, 7) is 6.57. The topological polar surface area (TPSA) is 46.5 Å². The molecule has 1 aliphatic carbocycles. The van der Waals surface area contributed by atoms with Gasteiger partial charge < -0.3 is 9.53 Å². The minimum Gasteiger partial charge on any atom is -0.481 e. The van der Waals surface area contributed by atoms with Gasteiger partial charge in [0.25, 0.3) is 0 Å². The van der Waals surface area contributed by atoms with Gasteiger partial charge in [-0.2, -0.15) is 0 Å². The minimum absolute atomic E-state index is 0.108. The van der Waals surface area contributed by atoms with E-state index in [1.165, 1.54) is 11.1 Å². The zero-order valence-electron chi connectivity index (χ0n) is 13.3. The molecule has 116 valence electrons. The molecule has 0 atom stereocenters. The molecule has 1 aliphatic rings. The molecule has 0 heterocycles. The molecule has 21 heavy (non-hydrogen) atoms. The van der Waals surface area contributed by atoms with E-state index < -0.39 is 19.9 Å². The summed E-state index contributed by atoms with van der Waals surface area (Å²) in [5, 5.41) is 9.37. The maximum Gasteiger partial charge on any atom is 0.306 e. The third kappa shape index (κ3) is 3.38. The molecule has 3 nitrogen and oxygen atoms in total. The van der Waals surface area contributed by atoms with Crippen LogP contribution in [0.25, 0.3) is 0 Å². The first-order valence-electron chi connectivity index (χ1n) is 7.97. The summed E-state index contributed by atoms with van der Waals surface area (Å²) in [6, 6.07) is 11.4. The average Bonchev–Trinajstić information content (AvgIpc) is 2.81. The second-order valence-corrected chi connectivity index (χ2v) is 10.9. The Hall–Kier alpha value is -1.13. The third-order valence-corrected chi connectivity index (χ3v) is 9.72. The normalized spacial score (nSPS) is 16.7. The number of benzene rings is 1. The first-order valence-corrected chi connectivity index (χ1v) is 10.5. The lowest BCUT2D eigenvalue weighted by Gasteiger charge is -2.39. The van der Waals surface area contributed by atoms with Gasteiger partial charge in [-0.05, 0) is 29.3 Å². The van der Waals surface area contributed by atoms with E-state index in [1.54, 1.807) is 0 Å². The molecule has 4 heteroatoms. The Kier molecular flexibility index (Phi) is 4.89. The number of aliphatic carboxylic acids is 1. The summed E-state index contributed by atoms with van der Waals surface area (Å²) < 4.78 is 6.69. The lowest BCUT2D eigenvalue weighted by Crippen LogP contribution is -2.49. The summed E-state index contributed by atoms with van der Waals surface area (Å²) in [5.74, 6) is -0.756. The number of carboxylic acids is 1. The maximum absolute atomic E-state index is 11.4. The molecule has 0 saturated heterocycles. The van der Waals surface area contributed by atoms with Gasteiger partial charge in [-0.3, -0.25) is 4.79 Å². The highest BCUT2D eigenvalue weighted by Crippen LogP contribution is 2.40. The molecule has 0 bridgehead atoms. The highest BCUT2D eigenvalue weighted by molar-refractivity contribution is 6.73. The minimum atomic E-state index is -1.82. The van der Waals surface area contributed by atoms with Crippen LogP contribution in [0.5, 0.6) is 0 Å². The number of hydrogen-bond donors (Lipinski definition) is 1. The van der Waals surface area contributed by atoms with E-state index in [2.05, 4.69) is 32.9 Å². The Morgan fingerprint density at radius 3 is 2.00 bits per heavy atom. The van der Waals surface area contributed by atoms with Crippen molar-refractivity contribution in [2.45, 2.75) is 63.8 Å². The van der Waals surface area contributed by atoms with Crippen molar-refractivity contribution in [1.82, 2.24) is 0 Å². The van der Waals surface area contributed by atoms with Crippen LogP contribution < -0.4 is 0 Å². The van der Waals surface area contributed by atoms with E-state index >= 15 is 0 Å². The van der Waals surface area contributed by atoms with Crippen LogP contribution in [0.3, 0.4) is 0 Å². The zero-order chi connectivity index (χ0) is 15.5. The number of carboxylic acid groups (broad SMARTS) is 1. The molecule has 1 aromatic carbocycles. The van der Waals surface area contributed by atoms with Crippen LogP contribution in [0.4, 0.5) is 0 Å². The van der Waals surface area contributed by atoms with Crippen LogP contribution in [0, 0.1) is 0 Å². The van der Waals surface area contributed by atoms with E-state index in [-0.39, 0.29) is 6.42 Å². The van der Waals surface area contributed by atoms with Gasteiger partial charge in [0.15, 0.2) is 8.32 Å². The van der Waals surface area contributed by atoms with Crippen molar-refractivity contribution in [2.24, 2.45) is 0 Å². The van der Waals surface area contributed by atoms with Crippen molar-refractivity contribution in [3.8, 4) is 0 Å². The van der Waals surface area contributed by atoms with Gasteiger partial charge in [-0.25, -0.2) is 0 Å². The standard InChI is InChI=1S/C17H26O3Si/c1-4-21(5-2,6-3)20-17(13-16(18)19)11-14-9-7-8-10-15(14)12-17/h7-10H,4-6,11-13H2,1-3H3,(H,18,19). The predicted octanol–water partition coefficient (Wildman–Crippen LogP) is 4.02. The van der Waals surface area contributed by atoms with E-state index in [1.807, 2.05) is 12.1 Å². The van der Waals surface area contributed by atoms with Crippen molar-refractivity contribution in [3.63, 3.8) is 0 Å². The fourth-order valence-corrected chi connectivity index (χ4v) is 6.66. The summed E-state index contributed by atoms with van der Waals surface area (Å²) >= 11 is 0. The Labute approximate surface area is 128 Å². The fraction of sp³-hybridized carbons (Fsp3) is 0.588. The molecule has 0 radical (unpaired) electrons. The Morgan fingerprint density at radius 2 is 1.62 bits per heavy atom. The van der Waals surface area contributed by atoms with Crippen LogP contribution in [0.15, 0.2) is 24.3 Å². The second kappa shape index (κ2) is 6.32. The number of hydrogen-bond acceptors (Lipinski definition) is 2. The molecule has 0 spiro atoms. The van der Waals surface area contributed by atoms with Crippen molar-refractivity contribution in [1.29, 1.82) is 0 Å². The van der Waals surface area contributed by atoms with Crippen LogP contribution in [-0.4, -0.2) is 25.0 Å². The smallest absolute Gasteiger partial charge is 0.306 e. The van der Waals surface area contributed by atoms with Crippen LogP contribution in [0.1, 0.15) is 38.3 Å². The fourth-order valence-electron chi connectivity index (χ4n) is 3.59. The van der Waals surface area contributed by atoms with Crippen LogP contribution in [-0.2, 0) is 22.1 Å². The predicted molar refractivity (Wildman–Crippen MR) is 87.1 cm³/mol. The molecular weight excluding hydrogens is 280 g/mol. The Morgan fingerprint density at radius 1 is 1.14 bits per heavy atom. The summed E-state index contributed by atoms with van der Waals surface area (Å²) in [6.07, 6.45) is 1.59. The Balaban J connectivity index is 2.30. The zero-order valence-corrected chi connectivity index (χ0v) is 14.3. The molecule has 0 aromatic heterocycles. The van der Waals surface area contributed by atoms with Gasteiger partial charge in [0, 0.05) is 12.8 Å². The summed E-state index contributed by atoms with van der Waals surface area (Å²) in [5.41, 5.74) is 1.99. The van der Waals surface area contributed by atoms with Gasteiger partial charge in [-0.1, -0.05) is 45.0 Å². The van der Waals surface area contributed by atoms with E-state index in [0.717, 1.165) is 31.0 Å². The van der Waals surface area contributed by atoms with Gasteiger partial charge in [0.05, 0.1) is 12.0 Å². The van der Waals surface area contributed by atoms with Crippen LogP contribution in [0.2, 0.25) is 18.1 Å². The van der Waals surface area contributed by atoms with Gasteiger partial charge in [0.2, 0.25) is 0 Å². The SMILES string of the molecule is CC[Si](CC)(CC)OC1(CC(=O)O)Cc2ccccc2C1. The third-order valence-electron chi connectivity index (χ3n) is 4.98. The van der Waals surface area contributed by atoms with Gasteiger partial charge >= 0.3 is 5.97 Å². The molecule has 1 N–H and O–H groups in total.